The maximum absolute atomic E-state index is 12.6. The fourth-order valence-electron chi connectivity index (χ4n) is 4.67. The quantitative estimate of drug-likeness (QED) is 0.912. The van der Waals surface area contributed by atoms with Crippen molar-refractivity contribution in [1.82, 2.24) is 20.0 Å². The lowest BCUT2D eigenvalue weighted by atomic mass is 10.00. The van der Waals surface area contributed by atoms with Crippen LogP contribution in [0.25, 0.3) is 0 Å². The van der Waals surface area contributed by atoms with Crippen LogP contribution >= 0.6 is 0 Å². The van der Waals surface area contributed by atoms with Crippen LogP contribution in [0.3, 0.4) is 0 Å². The fraction of sp³-hybridized carbons (Fsp3) is 0.650. The van der Waals surface area contributed by atoms with Crippen LogP contribution in [0.1, 0.15) is 30.4 Å². The van der Waals surface area contributed by atoms with Crippen molar-refractivity contribution in [2.24, 2.45) is 0 Å². The monoisotopic (exact) mass is 342 g/mol. The van der Waals surface area contributed by atoms with E-state index in [0.717, 1.165) is 52.1 Å². The van der Waals surface area contributed by atoms with Gasteiger partial charge in [-0.3, -0.25) is 9.80 Å². The van der Waals surface area contributed by atoms with Gasteiger partial charge in [-0.1, -0.05) is 24.3 Å². The third kappa shape index (κ3) is 3.67. The first-order valence-corrected chi connectivity index (χ1v) is 9.74. The maximum atomic E-state index is 12.6. The Kier molecular flexibility index (Phi) is 4.95. The molecule has 2 bridgehead atoms. The Morgan fingerprint density at radius 1 is 1.12 bits per heavy atom. The summed E-state index contributed by atoms with van der Waals surface area (Å²) in [6, 6.07) is 10.1. The standard InChI is InChI=1S/C20H30N4O/c1-22-18-6-7-19(22)15-24(12-9-18)20(25)21-10-13-23-11-8-16-4-2-3-5-17(16)14-23/h2-5,18-19H,6-15H2,1H3,(H,21,25)/t18-,19-/m0/s1. The van der Waals surface area contributed by atoms with E-state index in [1.807, 2.05) is 4.90 Å². The molecule has 3 heterocycles. The van der Waals surface area contributed by atoms with Crippen LogP contribution in [0.2, 0.25) is 0 Å². The van der Waals surface area contributed by atoms with Gasteiger partial charge in [-0.15, -0.1) is 0 Å². The van der Waals surface area contributed by atoms with Gasteiger partial charge in [0, 0.05) is 51.4 Å². The number of carbonyl (C=O) groups is 1. The first-order valence-electron chi connectivity index (χ1n) is 9.74. The summed E-state index contributed by atoms with van der Waals surface area (Å²) in [4.78, 5) is 19.5. The molecule has 0 aromatic heterocycles. The molecule has 1 aromatic rings. The minimum absolute atomic E-state index is 0.123. The molecule has 5 heteroatoms. The highest BCUT2D eigenvalue weighted by Crippen LogP contribution is 2.28. The van der Waals surface area contributed by atoms with Crippen LogP contribution in [0, 0.1) is 0 Å². The van der Waals surface area contributed by atoms with E-state index < -0.39 is 0 Å². The Balaban J connectivity index is 1.23. The van der Waals surface area contributed by atoms with Crippen molar-refractivity contribution in [1.29, 1.82) is 0 Å². The summed E-state index contributed by atoms with van der Waals surface area (Å²) in [5.41, 5.74) is 2.91. The van der Waals surface area contributed by atoms with Crippen LogP contribution < -0.4 is 5.32 Å². The van der Waals surface area contributed by atoms with E-state index in [9.17, 15) is 4.79 Å². The summed E-state index contributed by atoms with van der Waals surface area (Å²) < 4.78 is 0. The number of hydrogen-bond donors (Lipinski definition) is 1. The van der Waals surface area contributed by atoms with Gasteiger partial charge in [-0.2, -0.15) is 0 Å². The molecule has 0 aliphatic carbocycles. The highest BCUT2D eigenvalue weighted by atomic mass is 16.2. The van der Waals surface area contributed by atoms with Crippen LogP contribution in [0.5, 0.6) is 0 Å². The van der Waals surface area contributed by atoms with Gasteiger partial charge < -0.3 is 10.2 Å². The van der Waals surface area contributed by atoms with E-state index in [0.29, 0.717) is 12.1 Å². The predicted octanol–water partition coefficient (Wildman–Crippen LogP) is 1.92. The number of nitrogens with zero attached hydrogens (tertiary/aromatic N) is 3. The Morgan fingerprint density at radius 2 is 1.92 bits per heavy atom. The van der Waals surface area contributed by atoms with Gasteiger partial charge >= 0.3 is 6.03 Å². The second-order valence-electron chi connectivity index (χ2n) is 7.81. The van der Waals surface area contributed by atoms with Gasteiger partial charge in [0.1, 0.15) is 0 Å². The molecule has 4 rings (SSSR count). The van der Waals surface area contributed by atoms with Crippen molar-refractivity contribution in [3.63, 3.8) is 0 Å². The molecule has 5 nitrogen and oxygen atoms in total. The molecule has 2 saturated heterocycles. The highest BCUT2D eigenvalue weighted by molar-refractivity contribution is 5.74. The van der Waals surface area contributed by atoms with Crippen molar-refractivity contribution in [3.05, 3.63) is 35.4 Å². The number of nitrogens with one attached hydrogen (secondary N) is 1. The number of likely N-dealkylation sites (N-methyl/N-ethyl adjacent to an activating group) is 1. The van der Waals surface area contributed by atoms with Gasteiger partial charge in [0.25, 0.3) is 0 Å². The maximum Gasteiger partial charge on any atom is 0.317 e. The SMILES string of the molecule is CN1[C@H]2CC[C@H]1CN(C(=O)NCCN1CCc3ccccc3C1)CC2. The van der Waals surface area contributed by atoms with E-state index in [1.165, 1.54) is 24.0 Å². The average Bonchev–Trinajstić information content (AvgIpc) is 2.87. The van der Waals surface area contributed by atoms with Crippen LogP contribution in [-0.4, -0.2) is 72.6 Å². The second-order valence-corrected chi connectivity index (χ2v) is 7.81. The lowest BCUT2D eigenvalue weighted by Gasteiger charge is -2.29. The molecule has 2 atom stereocenters. The Labute approximate surface area is 151 Å². The molecule has 0 unspecified atom stereocenters. The Bertz CT molecular complexity index is 619. The molecule has 1 aromatic carbocycles. The number of likely N-dealkylation sites (tertiary alicyclic amines) is 1. The third-order valence-corrected chi connectivity index (χ3v) is 6.35. The first-order chi connectivity index (χ1) is 12.2. The van der Waals surface area contributed by atoms with E-state index in [1.54, 1.807) is 0 Å². The zero-order valence-electron chi connectivity index (χ0n) is 15.3. The van der Waals surface area contributed by atoms with Crippen molar-refractivity contribution >= 4 is 6.03 Å². The highest BCUT2D eigenvalue weighted by Gasteiger charge is 2.35. The Hall–Kier alpha value is -1.59. The minimum Gasteiger partial charge on any atom is -0.337 e. The number of urea groups is 1. The molecular weight excluding hydrogens is 312 g/mol. The molecular formula is C20H30N4O. The summed E-state index contributed by atoms with van der Waals surface area (Å²) >= 11 is 0. The zero-order chi connectivity index (χ0) is 17.2. The number of fused-ring (bicyclic) bond motifs is 3. The number of rotatable bonds is 3. The van der Waals surface area contributed by atoms with E-state index in [2.05, 4.69) is 46.4 Å². The number of hydrogen-bond acceptors (Lipinski definition) is 3. The van der Waals surface area contributed by atoms with Gasteiger partial charge in [0.05, 0.1) is 0 Å². The lowest BCUT2D eigenvalue weighted by molar-refractivity contribution is 0.184. The number of benzene rings is 1. The summed E-state index contributed by atoms with van der Waals surface area (Å²) in [5, 5.41) is 3.15. The minimum atomic E-state index is 0.123. The molecule has 0 radical (unpaired) electrons. The average molecular weight is 342 g/mol. The zero-order valence-corrected chi connectivity index (χ0v) is 15.3. The van der Waals surface area contributed by atoms with E-state index in [-0.39, 0.29) is 6.03 Å². The van der Waals surface area contributed by atoms with Crippen LogP contribution in [0.4, 0.5) is 4.79 Å². The van der Waals surface area contributed by atoms with E-state index >= 15 is 0 Å². The third-order valence-electron chi connectivity index (χ3n) is 6.35. The van der Waals surface area contributed by atoms with Crippen molar-refractivity contribution in [2.75, 3.05) is 39.8 Å². The largest absolute Gasteiger partial charge is 0.337 e. The molecule has 136 valence electrons. The van der Waals surface area contributed by atoms with Gasteiger partial charge in [0.2, 0.25) is 0 Å². The summed E-state index contributed by atoms with van der Waals surface area (Å²) in [5.74, 6) is 0. The molecule has 3 aliphatic heterocycles. The first kappa shape index (κ1) is 16.9. The lowest BCUT2D eigenvalue weighted by Crippen LogP contribution is -2.46. The normalized spacial score (nSPS) is 27.0. The molecule has 2 amide bonds. The molecule has 3 aliphatic rings. The molecule has 2 fully saturated rings. The summed E-state index contributed by atoms with van der Waals surface area (Å²) in [6.07, 6.45) is 4.76. The van der Waals surface area contributed by atoms with Crippen molar-refractivity contribution < 1.29 is 4.79 Å². The number of amides is 2. The molecule has 1 N–H and O–H groups in total. The molecule has 0 spiro atoms. The van der Waals surface area contributed by atoms with Gasteiger partial charge in [-0.05, 0) is 43.9 Å². The topological polar surface area (TPSA) is 38.8 Å². The summed E-state index contributed by atoms with van der Waals surface area (Å²) in [7, 11) is 2.22. The molecule has 25 heavy (non-hydrogen) atoms. The number of carbonyl (C=O) groups excluding carboxylic acids is 1. The second kappa shape index (κ2) is 7.34. The summed E-state index contributed by atoms with van der Waals surface area (Å²) in [6.45, 7) is 5.54. The van der Waals surface area contributed by atoms with Crippen LogP contribution in [0.15, 0.2) is 24.3 Å². The predicted molar refractivity (Wildman–Crippen MR) is 99.6 cm³/mol. The van der Waals surface area contributed by atoms with Gasteiger partial charge in [0.15, 0.2) is 0 Å². The Morgan fingerprint density at radius 3 is 2.80 bits per heavy atom. The smallest absolute Gasteiger partial charge is 0.317 e. The van der Waals surface area contributed by atoms with Crippen LogP contribution in [-0.2, 0) is 13.0 Å². The van der Waals surface area contributed by atoms with Gasteiger partial charge in [-0.25, -0.2) is 4.79 Å². The van der Waals surface area contributed by atoms with Crippen molar-refractivity contribution in [2.45, 2.75) is 44.3 Å². The molecule has 0 saturated carbocycles. The van der Waals surface area contributed by atoms with Crippen molar-refractivity contribution in [3.8, 4) is 0 Å². The van der Waals surface area contributed by atoms with E-state index in [4.69, 9.17) is 0 Å². The fourth-order valence-corrected chi connectivity index (χ4v) is 4.67.